The number of carbonyl (C=O) groups is 2. The number of methoxy groups -OCH3 is 1. The highest BCUT2D eigenvalue weighted by Crippen LogP contribution is 2.37. The number of urea groups is 1. The SMILES string of the molecule is CNC(=O)Nc1ccc2c(c1)C(=O)C(=Cc1c(C)n(CCCN3CCOCC3)c3ccc(OC)cc13)O2. The molecule has 0 radical (unpaired) electrons. The lowest BCUT2D eigenvalue weighted by atomic mass is 10.1. The Balaban J connectivity index is 1.45. The van der Waals surface area contributed by atoms with E-state index in [0.29, 0.717) is 17.0 Å². The van der Waals surface area contributed by atoms with E-state index in [1.165, 1.54) is 7.05 Å². The number of morpholine rings is 1. The molecule has 1 saturated heterocycles. The summed E-state index contributed by atoms with van der Waals surface area (Å²) in [4.78, 5) is 27.4. The van der Waals surface area contributed by atoms with Crippen LogP contribution in [0.3, 0.4) is 0 Å². The molecule has 5 rings (SSSR count). The van der Waals surface area contributed by atoms with E-state index in [-0.39, 0.29) is 17.6 Å². The van der Waals surface area contributed by atoms with Gasteiger partial charge in [0.15, 0.2) is 5.76 Å². The zero-order chi connectivity index (χ0) is 25.9. The molecule has 0 saturated carbocycles. The number of ether oxygens (including phenoxy) is 3. The number of anilines is 1. The van der Waals surface area contributed by atoms with Gasteiger partial charge in [-0.05, 0) is 55.8 Å². The topological polar surface area (TPSA) is 94.1 Å². The van der Waals surface area contributed by atoms with Crippen LogP contribution in [0, 0.1) is 6.92 Å². The predicted octanol–water partition coefficient (Wildman–Crippen LogP) is 4.05. The number of aromatic nitrogens is 1. The van der Waals surface area contributed by atoms with Gasteiger partial charge in [0, 0.05) is 61.1 Å². The largest absolute Gasteiger partial charge is 0.497 e. The molecule has 194 valence electrons. The van der Waals surface area contributed by atoms with Crippen molar-refractivity contribution in [1.82, 2.24) is 14.8 Å². The number of allylic oxidation sites excluding steroid dienone is 1. The minimum Gasteiger partial charge on any atom is -0.497 e. The monoisotopic (exact) mass is 504 g/mol. The van der Waals surface area contributed by atoms with Crippen molar-refractivity contribution in [2.24, 2.45) is 0 Å². The van der Waals surface area contributed by atoms with Gasteiger partial charge in [0.1, 0.15) is 11.5 Å². The van der Waals surface area contributed by atoms with Gasteiger partial charge < -0.3 is 29.4 Å². The highest BCUT2D eigenvalue weighted by molar-refractivity contribution is 6.16. The van der Waals surface area contributed by atoms with Crippen LogP contribution in [0.1, 0.15) is 28.0 Å². The zero-order valence-corrected chi connectivity index (χ0v) is 21.4. The molecule has 3 aromatic rings. The molecule has 1 fully saturated rings. The van der Waals surface area contributed by atoms with E-state index in [1.807, 2.05) is 18.2 Å². The predicted molar refractivity (Wildman–Crippen MR) is 143 cm³/mol. The summed E-state index contributed by atoms with van der Waals surface area (Å²) >= 11 is 0. The molecule has 2 aromatic carbocycles. The first-order chi connectivity index (χ1) is 18.0. The number of rotatable bonds is 7. The van der Waals surface area contributed by atoms with Gasteiger partial charge in [-0.3, -0.25) is 9.69 Å². The lowest BCUT2D eigenvalue weighted by Gasteiger charge is -2.26. The van der Waals surface area contributed by atoms with Crippen molar-refractivity contribution in [1.29, 1.82) is 0 Å². The van der Waals surface area contributed by atoms with Crippen LogP contribution >= 0.6 is 0 Å². The number of nitrogens with one attached hydrogen (secondary N) is 2. The molecule has 2 amide bonds. The summed E-state index contributed by atoms with van der Waals surface area (Å²) in [7, 11) is 3.18. The quantitative estimate of drug-likeness (QED) is 0.472. The van der Waals surface area contributed by atoms with E-state index in [1.54, 1.807) is 25.3 Å². The molecular formula is C28H32N4O5. The van der Waals surface area contributed by atoms with E-state index in [9.17, 15) is 9.59 Å². The zero-order valence-electron chi connectivity index (χ0n) is 21.4. The van der Waals surface area contributed by atoms with Crippen LogP contribution in [0.4, 0.5) is 10.5 Å². The van der Waals surface area contributed by atoms with Crippen molar-refractivity contribution in [2.45, 2.75) is 19.9 Å². The Morgan fingerprint density at radius 1 is 1.14 bits per heavy atom. The number of hydrogen-bond acceptors (Lipinski definition) is 6. The van der Waals surface area contributed by atoms with Crippen LogP contribution in [0.15, 0.2) is 42.2 Å². The number of benzene rings is 2. The van der Waals surface area contributed by atoms with Crippen LogP contribution in [0.5, 0.6) is 11.5 Å². The number of Topliss-reactive ketones (excluding diaryl/α,β-unsaturated/α-hetero) is 1. The van der Waals surface area contributed by atoms with Gasteiger partial charge in [0.05, 0.1) is 25.9 Å². The molecule has 0 bridgehead atoms. The van der Waals surface area contributed by atoms with Crippen molar-refractivity contribution in [3.05, 3.63) is 59.0 Å². The average Bonchev–Trinajstić information content (AvgIpc) is 3.37. The molecule has 9 nitrogen and oxygen atoms in total. The van der Waals surface area contributed by atoms with E-state index < -0.39 is 0 Å². The van der Waals surface area contributed by atoms with Gasteiger partial charge in [-0.15, -0.1) is 0 Å². The van der Waals surface area contributed by atoms with Crippen molar-refractivity contribution in [2.75, 3.05) is 52.3 Å². The molecule has 0 aliphatic carbocycles. The second-order valence-electron chi connectivity index (χ2n) is 9.20. The molecule has 2 N–H and O–H groups in total. The second kappa shape index (κ2) is 10.7. The van der Waals surface area contributed by atoms with Gasteiger partial charge in [-0.1, -0.05) is 0 Å². The third-order valence-electron chi connectivity index (χ3n) is 6.97. The molecule has 0 spiro atoms. The Morgan fingerprint density at radius 2 is 1.95 bits per heavy atom. The number of carbonyl (C=O) groups excluding carboxylic acids is 2. The fraction of sp³-hybridized carbons (Fsp3) is 0.357. The Kier molecular flexibility index (Phi) is 7.16. The average molecular weight is 505 g/mol. The Labute approximate surface area is 216 Å². The van der Waals surface area contributed by atoms with Crippen molar-refractivity contribution in [3.8, 4) is 11.5 Å². The van der Waals surface area contributed by atoms with E-state index in [4.69, 9.17) is 14.2 Å². The van der Waals surface area contributed by atoms with Gasteiger partial charge in [-0.25, -0.2) is 4.79 Å². The third-order valence-corrected chi connectivity index (χ3v) is 6.97. The normalized spacial score (nSPS) is 16.6. The van der Waals surface area contributed by atoms with E-state index >= 15 is 0 Å². The summed E-state index contributed by atoms with van der Waals surface area (Å²) in [6, 6.07) is 10.7. The highest BCUT2D eigenvalue weighted by atomic mass is 16.5. The number of amides is 2. The third kappa shape index (κ3) is 5.05. The van der Waals surface area contributed by atoms with E-state index in [0.717, 1.165) is 73.7 Å². The standard InChI is InChI=1S/C28H32N4O5/c1-18-21(17-26-27(33)23-15-19(30-28(34)29-2)5-8-25(23)37-26)22-16-20(35-3)6-7-24(22)32(18)10-4-9-31-11-13-36-14-12-31/h5-8,15-17H,4,9-14H2,1-3H3,(H2,29,30,34). The van der Waals surface area contributed by atoms with Crippen LogP contribution in [0.2, 0.25) is 0 Å². The first kappa shape index (κ1) is 24.9. The molecule has 1 aromatic heterocycles. The molecule has 2 aliphatic heterocycles. The van der Waals surface area contributed by atoms with Crippen molar-refractivity contribution >= 4 is 34.5 Å². The van der Waals surface area contributed by atoms with Crippen LogP contribution < -0.4 is 20.1 Å². The number of ketones is 1. The van der Waals surface area contributed by atoms with Gasteiger partial charge in [0.2, 0.25) is 5.78 Å². The second-order valence-corrected chi connectivity index (χ2v) is 9.20. The summed E-state index contributed by atoms with van der Waals surface area (Å²) in [6.45, 7) is 7.48. The van der Waals surface area contributed by atoms with E-state index in [2.05, 4.69) is 33.1 Å². The van der Waals surface area contributed by atoms with Gasteiger partial charge in [-0.2, -0.15) is 0 Å². The maximum Gasteiger partial charge on any atom is 0.318 e. The fourth-order valence-electron chi connectivity index (χ4n) is 4.95. The lowest BCUT2D eigenvalue weighted by molar-refractivity contribution is 0.0369. The smallest absolute Gasteiger partial charge is 0.318 e. The molecule has 0 unspecified atom stereocenters. The van der Waals surface area contributed by atoms with Crippen LogP contribution in [0.25, 0.3) is 17.0 Å². The Hall–Kier alpha value is -3.82. The van der Waals surface area contributed by atoms with Crippen molar-refractivity contribution < 1.29 is 23.8 Å². The minimum atomic E-state index is -0.354. The number of nitrogens with zero attached hydrogens (tertiary/aromatic N) is 2. The van der Waals surface area contributed by atoms with Crippen molar-refractivity contribution in [3.63, 3.8) is 0 Å². The summed E-state index contributed by atoms with van der Waals surface area (Å²) in [6.07, 6.45) is 2.83. The molecular weight excluding hydrogens is 472 g/mol. The van der Waals surface area contributed by atoms with Crippen LogP contribution in [-0.2, 0) is 11.3 Å². The molecule has 3 heterocycles. The summed E-state index contributed by atoms with van der Waals surface area (Å²) < 4.78 is 19.2. The minimum absolute atomic E-state index is 0.217. The van der Waals surface area contributed by atoms with Gasteiger partial charge in [0.25, 0.3) is 0 Å². The van der Waals surface area contributed by atoms with Crippen LogP contribution in [-0.4, -0.2) is 68.3 Å². The number of aryl methyl sites for hydroxylation is 1. The summed E-state index contributed by atoms with van der Waals surface area (Å²) in [5.41, 5.74) is 4.03. The highest BCUT2D eigenvalue weighted by Gasteiger charge is 2.29. The Bertz CT molecular complexity index is 1370. The summed E-state index contributed by atoms with van der Waals surface area (Å²) in [5.74, 6) is 1.27. The number of fused-ring (bicyclic) bond motifs is 2. The maximum atomic E-state index is 13.3. The summed E-state index contributed by atoms with van der Waals surface area (Å²) in [5, 5.41) is 6.20. The molecule has 0 atom stereocenters. The van der Waals surface area contributed by atoms with Gasteiger partial charge >= 0.3 is 6.03 Å². The fourth-order valence-corrected chi connectivity index (χ4v) is 4.95. The molecule has 37 heavy (non-hydrogen) atoms. The molecule has 9 heteroatoms. The first-order valence-corrected chi connectivity index (χ1v) is 12.5. The lowest BCUT2D eigenvalue weighted by Crippen LogP contribution is -2.37. The number of hydrogen-bond donors (Lipinski definition) is 2. The molecule has 2 aliphatic rings. The first-order valence-electron chi connectivity index (χ1n) is 12.5. The Morgan fingerprint density at radius 3 is 2.70 bits per heavy atom. The maximum absolute atomic E-state index is 13.3.